The zero-order chi connectivity index (χ0) is 15.6. The van der Waals surface area contributed by atoms with E-state index in [2.05, 4.69) is 17.6 Å². The monoisotopic (exact) mass is 306 g/mol. The smallest absolute Gasteiger partial charge is 0.221 e. The van der Waals surface area contributed by atoms with Gasteiger partial charge in [0.1, 0.15) is 5.75 Å². The maximum absolute atomic E-state index is 11.9. The maximum atomic E-state index is 11.9. The van der Waals surface area contributed by atoms with Crippen LogP contribution in [0.4, 0.5) is 0 Å². The molecule has 1 aliphatic heterocycles. The van der Waals surface area contributed by atoms with Gasteiger partial charge in [-0.05, 0) is 24.5 Å². The van der Waals surface area contributed by atoms with Crippen molar-refractivity contribution >= 4 is 5.91 Å². The molecule has 0 aliphatic carbocycles. The van der Waals surface area contributed by atoms with Gasteiger partial charge in [-0.15, -0.1) is 0 Å². The van der Waals surface area contributed by atoms with E-state index in [-0.39, 0.29) is 11.9 Å². The minimum Gasteiger partial charge on any atom is -0.493 e. The quantitative estimate of drug-likeness (QED) is 0.764. The lowest BCUT2D eigenvalue weighted by Crippen LogP contribution is -2.44. The number of amides is 1. The first-order valence-corrected chi connectivity index (χ1v) is 8.08. The Labute approximate surface area is 132 Å². The third kappa shape index (κ3) is 5.66. The molecule has 0 saturated carbocycles. The molecule has 0 aromatic heterocycles. The SMILES string of the molecule is CCCOc1ccccc1CCNC(=O)CC1COCCN1. The van der Waals surface area contributed by atoms with E-state index in [4.69, 9.17) is 9.47 Å². The van der Waals surface area contributed by atoms with Gasteiger partial charge in [0.25, 0.3) is 0 Å². The standard InChI is InChI=1S/C17H26N2O3/c1-2-10-22-16-6-4-3-5-14(16)7-8-19-17(20)12-15-13-21-11-9-18-15/h3-6,15,18H,2,7-13H2,1H3,(H,19,20). The summed E-state index contributed by atoms with van der Waals surface area (Å²) in [6.45, 7) is 5.59. The van der Waals surface area contributed by atoms with Crippen LogP contribution in [-0.4, -0.2) is 44.9 Å². The van der Waals surface area contributed by atoms with Crippen molar-refractivity contribution < 1.29 is 14.3 Å². The molecule has 2 N–H and O–H groups in total. The molecule has 1 heterocycles. The maximum Gasteiger partial charge on any atom is 0.221 e. The van der Waals surface area contributed by atoms with E-state index in [1.165, 1.54) is 0 Å². The van der Waals surface area contributed by atoms with Crippen LogP contribution in [0, 0.1) is 0 Å². The minimum atomic E-state index is 0.0648. The van der Waals surface area contributed by atoms with Crippen LogP contribution in [0.2, 0.25) is 0 Å². The number of para-hydroxylation sites is 1. The van der Waals surface area contributed by atoms with E-state index in [9.17, 15) is 4.79 Å². The van der Waals surface area contributed by atoms with Crippen LogP contribution in [0.25, 0.3) is 0 Å². The summed E-state index contributed by atoms with van der Waals surface area (Å²) in [5, 5.41) is 6.26. The Bertz CT molecular complexity index is 459. The van der Waals surface area contributed by atoms with E-state index in [0.29, 0.717) is 19.6 Å². The van der Waals surface area contributed by atoms with Crippen LogP contribution in [0.5, 0.6) is 5.75 Å². The Balaban J connectivity index is 1.72. The second-order valence-electron chi connectivity index (χ2n) is 5.49. The van der Waals surface area contributed by atoms with E-state index >= 15 is 0 Å². The molecular formula is C17H26N2O3. The highest BCUT2D eigenvalue weighted by Gasteiger charge is 2.16. The summed E-state index contributed by atoms with van der Waals surface area (Å²) < 4.78 is 11.1. The number of rotatable bonds is 8. The van der Waals surface area contributed by atoms with Gasteiger partial charge in [0.15, 0.2) is 0 Å². The topological polar surface area (TPSA) is 59.6 Å². The Morgan fingerprint density at radius 2 is 2.32 bits per heavy atom. The second kappa shape index (κ2) is 9.43. The third-order valence-corrected chi connectivity index (χ3v) is 3.58. The number of benzene rings is 1. The lowest BCUT2D eigenvalue weighted by atomic mass is 10.1. The van der Waals surface area contributed by atoms with Crippen molar-refractivity contribution in [3.05, 3.63) is 29.8 Å². The zero-order valence-corrected chi connectivity index (χ0v) is 13.3. The third-order valence-electron chi connectivity index (χ3n) is 3.58. The molecule has 1 aromatic rings. The first-order valence-electron chi connectivity index (χ1n) is 8.08. The molecule has 0 radical (unpaired) electrons. The lowest BCUT2D eigenvalue weighted by molar-refractivity contribution is -0.122. The summed E-state index contributed by atoms with van der Waals surface area (Å²) in [6.07, 6.45) is 2.23. The minimum absolute atomic E-state index is 0.0648. The largest absolute Gasteiger partial charge is 0.493 e. The van der Waals surface area contributed by atoms with Crippen LogP contribution < -0.4 is 15.4 Å². The average Bonchev–Trinajstić information content (AvgIpc) is 2.55. The van der Waals surface area contributed by atoms with Gasteiger partial charge < -0.3 is 20.1 Å². The molecule has 22 heavy (non-hydrogen) atoms. The first-order chi connectivity index (χ1) is 10.8. The number of carbonyl (C=O) groups is 1. The van der Waals surface area contributed by atoms with Crippen molar-refractivity contribution in [3.8, 4) is 5.75 Å². The molecule has 1 atom stereocenters. The summed E-state index contributed by atoms with van der Waals surface area (Å²) in [5.74, 6) is 0.982. The lowest BCUT2D eigenvalue weighted by Gasteiger charge is -2.23. The molecule has 0 bridgehead atoms. The number of carbonyl (C=O) groups excluding carboxylic acids is 1. The van der Waals surface area contributed by atoms with Gasteiger partial charge in [0.05, 0.1) is 19.8 Å². The highest BCUT2D eigenvalue weighted by Crippen LogP contribution is 2.18. The van der Waals surface area contributed by atoms with Gasteiger partial charge in [-0.1, -0.05) is 25.1 Å². The van der Waals surface area contributed by atoms with Gasteiger partial charge in [0.2, 0.25) is 5.91 Å². The highest BCUT2D eigenvalue weighted by molar-refractivity contribution is 5.76. The van der Waals surface area contributed by atoms with Crippen molar-refractivity contribution in [2.75, 3.05) is 32.9 Å². The number of nitrogens with one attached hydrogen (secondary N) is 2. The van der Waals surface area contributed by atoms with Crippen molar-refractivity contribution in [2.24, 2.45) is 0 Å². The molecular weight excluding hydrogens is 280 g/mol. The zero-order valence-electron chi connectivity index (χ0n) is 13.3. The van der Waals surface area contributed by atoms with Crippen molar-refractivity contribution in [3.63, 3.8) is 0 Å². The van der Waals surface area contributed by atoms with Crippen LogP contribution in [-0.2, 0) is 16.0 Å². The van der Waals surface area contributed by atoms with E-state index in [1.54, 1.807) is 0 Å². The number of ether oxygens (including phenoxy) is 2. The van der Waals surface area contributed by atoms with Gasteiger partial charge in [0, 0.05) is 25.6 Å². The number of hydrogen-bond acceptors (Lipinski definition) is 4. The molecule has 5 nitrogen and oxygen atoms in total. The summed E-state index contributed by atoms with van der Waals surface area (Å²) in [5.41, 5.74) is 1.13. The molecule has 2 rings (SSSR count). The molecule has 5 heteroatoms. The van der Waals surface area contributed by atoms with Crippen LogP contribution in [0.1, 0.15) is 25.3 Å². The Morgan fingerprint density at radius 1 is 1.45 bits per heavy atom. The van der Waals surface area contributed by atoms with Gasteiger partial charge >= 0.3 is 0 Å². The molecule has 1 fully saturated rings. The number of morpholine rings is 1. The van der Waals surface area contributed by atoms with Gasteiger partial charge in [-0.2, -0.15) is 0 Å². The summed E-state index contributed by atoms with van der Waals surface area (Å²) in [4.78, 5) is 11.9. The molecule has 0 spiro atoms. The Morgan fingerprint density at radius 3 is 3.09 bits per heavy atom. The van der Waals surface area contributed by atoms with E-state index < -0.39 is 0 Å². The number of hydrogen-bond donors (Lipinski definition) is 2. The summed E-state index contributed by atoms with van der Waals surface area (Å²) in [7, 11) is 0. The molecule has 1 aliphatic rings. The fraction of sp³-hybridized carbons (Fsp3) is 0.588. The van der Waals surface area contributed by atoms with Crippen LogP contribution in [0.3, 0.4) is 0 Å². The Hall–Kier alpha value is -1.59. The molecule has 1 aromatic carbocycles. The second-order valence-corrected chi connectivity index (χ2v) is 5.49. The molecule has 1 amide bonds. The molecule has 1 saturated heterocycles. The normalized spacial score (nSPS) is 18.0. The van der Waals surface area contributed by atoms with Gasteiger partial charge in [-0.25, -0.2) is 0 Å². The average molecular weight is 306 g/mol. The molecule has 1 unspecified atom stereocenters. The van der Waals surface area contributed by atoms with E-state index in [1.807, 2.05) is 24.3 Å². The first kappa shape index (κ1) is 16.8. The van der Waals surface area contributed by atoms with E-state index in [0.717, 1.165) is 43.9 Å². The molecule has 122 valence electrons. The fourth-order valence-corrected chi connectivity index (χ4v) is 2.45. The summed E-state index contributed by atoms with van der Waals surface area (Å²) in [6, 6.07) is 8.14. The predicted octanol–water partition coefficient (Wildman–Crippen LogP) is 1.51. The van der Waals surface area contributed by atoms with Crippen molar-refractivity contribution in [2.45, 2.75) is 32.2 Å². The fourth-order valence-electron chi connectivity index (χ4n) is 2.45. The predicted molar refractivity (Wildman–Crippen MR) is 86.2 cm³/mol. The van der Waals surface area contributed by atoms with Gasteiger partial charge in [-0.3, -0.25) is 4.79 Å². The highest BCUT2D eigenvalue weighted by atomic mass is 16.5. The summed E-state index contributed by atoms with van der Waals surface area (Å²) >= 11 is 0. The van der Waals surface area contributed by atoms with Crippen molar-refractivity contribution in [1.29, 1.82) is 0 Å². The Kier molecular flexibility index (Phi) is 7.19. The van der Waals surface area contributed by atoms with Crippen LogP contribution in [0.15, 0.2) is 24.3 Å². The van der Waals surface area contributed by atoms with Crippen LogP contribution >= 0.6 is 0 Å². The van der Waals surface area contributed by atoms with Crippen molar-refractivity contribution in [1.82, 2.24) is 10.6 Å².